The normalized spacial score (nSPS) is 10.2. The monoisotopic (exact) mass is 317 g/mol. The number of Topliss-reactive ketones (excluding diaryl/α,β-unsaturated/α-hetero) is 1. The fourth-order valence-electron chi connectivity index (χ4n) is 1.78. The lowest BCUT2D eigenvalue weighted by Gasteiger charge is -2.07. The molecule has 0 aromatic heterocycles. The van der Waals surface area contributed by atoms with Gasteiger partial charge in [0.1, 0.15) is 0 Å². The van der Waals surface area contributed by atoms with Crippen molar-refractivity contribution < 1.29 is 4.79 Å². The Hall–Kier alpha value is -1.61. The molecule has 0 heterocycles. The van der Waals surface area contributed by atoms with E-state index in [2.05, 4.69) is 33.4 Å². The quantitative estimate of drug-likeness (QED) is 0.813. The molecule has 0 aliphatic carbocycles. The van der Waals surface area contributed by atoms with Gasteiger partial charge in [-0.3, -0.25) is 4.79 Å². The van der Waals surface area contributed by atoms with Crippen molar-refractivity contribution >= 4 is 27.4 Å². The molecule has 0 amide bonds. The van der Waals surface area contributed by atoms with Crippen molar-refractivity contribution in [3.8, 4) is 0 Å². The van der Waals surface area contributed by atoms with Gasteiger partial charge in [0.25, 0.3) is 0 Å². The average molecular weight is 318 g/mol. The summed E-state index contributed by atoms with van der Waals surface area (Å²) in [7, 11) is 0. The van der Waals surface area contributed by atoms with Crippen molar-refractivity contribution in [3.05, 3.63) is 64.1 Å². The van der Waals surface area contributed by atoms with Crippen LogP contribution in [-0.2, 0) is 6.54 Å². The SMILES string of the molecule is CCC(=O)c1ccc(NCc2ccc(Br)cc2)cc1. The number of hydrogen-bond acceptors (Lipinski definition) is 2. The van der Waals surface area contributed by atoms with Gasteiger partial charge in [-0.25, -0.2) is 0 Å². The Morgan fingerprint density at radius 1 is 1.05 bits per heavy atom. The summed E-state index contributed by atoms with van der Waals surface area (Å²) in [5.74, 6) is 0.180. The fraction of sp³-hybridized carbons (Fsp3) is 0.188. The first-order valence-corrected chi connectivity index (χ1v) is 7.10. The van der Waals surface area contributed by atoms with E-state index in [0.717, 1.165) is 22.3 Å². The molecule has 0 radical (unpaired) electrons. The van der Waals surface area contributed by atoms with Gasteiger partial charge in [0.2, 0.25) is 0 Å². The van der Waals surface area contributed by atoms with Crippen molar-refractivity contribution in [1.29, 1.82) is 0 Å². The molecule has 2 nitrogen and oxygen atoms in total. The van der Waals surface area contributed by atoms with E-state index >= 15 is 0 Å². The van der Waals surface area contributed by atoms with Gasteiger partial charge in [-0.2, -0.15) is 0 Å². The summed E-state index contributed by atoms with van der Waals surface area (Å²) < 4.78 is 1.08. The molecule has 3 heteroatoms. The molecule has 0 spiro atoms. The number of hydrogen-bond donors (Lipinski definition) is 1. The smallest absolute Gasteiger partial charge is 0.162 e. The minimum Gasteiger partial charge on any atom is -0.381 e. The maximum Gasteiger partial charge on any atom is 0.162 e. The predicted molar refractivity (Wildman–Crippen MR) is 82.5 cm³/mol. The van der Waals surface area contributed by atoms with E-state index < -0.39 is 0 Å². The standard InChI is InChI=1S/C16H16BrNO/c1-2-16(19)13-5-9-15(10-6-13)18-11-12-3-7-14(17)8-4-12/h3-10,18H,2,11H2,1H3. The first-order valence-electron chi connectivity index (χ1n) is 6.30. The Kier molecular flexibility index (Phi) is 4.74. The Balaban J connectivity index is 1.96. The lowest BCUT2D eigenvalue weighted by molar-refractivity contribution is 0.0988. The largest absolute Gasteiger partial charge is 0.381 e. The van der Waals surface area contributed by atoms with Gasteiger partial charge in [-0.05, 0) is 42.0 Å². The first-order chi connectivity index (χ1) is 9.19. The fourth-order valence-corrected chi connectivity index (χ4v) is 2.05. The van der Waals surface area contributed by atoms with Gasteiger partial charge >= 0.3 is 0 Å². The number of rotatable bonds is 5. The highest BCUT2D eigenvalue weighted by molar-refractivity contribution is 9.10. The molecule has 2 aromatic carbocycles. The van der Waals surface area contributed by atoms with Crippen LogP contribution in [0.3, 0.4) is 0 Å². The van der Waals surface area contributed by atoms with Crippen molar-refractivity contribution in [2.45, 2.75) is 19.9 Å². The third kappa shape index (κ3) is 3.93. The Morgan fingerprint density at radius 3 is 2.26 bits per heavy atom. The van der Waals surface area contributed by atoms with Crippen molar-refractivity contribution in [2.24, 2.45) is 0 Å². The molecule has 0 saturated heterocycles. The predicted octanol–water partition coefficient (Wildman–Crippen LogP) is 4.65. The molecule has 0 unspecified atom stereocenters. The highest BCUT2D eigenvalue weighted by atomic mass is 79.9. The minimum absolute atomic E-state index is 0.180. The van der Waals surface area contributed by atoms with E-state index in [9.17, 15) is 4.79 Å². The number of benzene rings is 2. The van der Waals surface area contributed by atoms with Gasteiger partial charge < -0.3 is 5.32 Å². The molecule has 0 atom stereocenters. The maximum atomic E-state index is 11.5. The maximum absolute atomic E-state index is 11.5. The second-order valence-electron chi connectivity index (χ2n) is 4.33. The molecule has 0 aliphatic heterocycles. The molecule has 1 N–H and O–H groups in total. The van der Waals surface area contributed by atoms with Crippen molar-refractivity contribution in [2.75, 3.05) is 5.32 Å². The lowest BCUT2D eigenvalue weighted by atomic mass is 10.1. The van der Waals surface area contributed by atoms with Gasteiger partial charge in [0.05, 0.1) is 0 Å². The molecule has 0 bridgehead atoms. The second kappa shape index (κ2) is 6.53. The number of halogens is 1. The van der Waals surface area contributed by atoms with Crippen LogP contribution in [0, 0.1) is 0 Å². The summed E-state index contributed by atoms with van der Waals surface area (Å²) in [4.78, 5) is 11.5. The van der Waals surface area contributed by atoms with Crippen LogP contribution in [0.2, 0.25) is 0 Å². The van der Waals surface area contributed by atoms with Crippen LogP contribution in [0.15, 0.2) is 53.0 Å². The Morgan fingerprint density at radius 2 is 1.68 bits per heavy atom. The zero-order valence-corrected chi connectivity index (χ0v) is 12.4. The van der Waals surface area contributed by atoms with Crippen LogP contribution in [-0.4, -0.2) is 5.78 Å². The zero-order chi connectivity index (χ0) is 13.7. The van der Waals surface area contributed by atoms with E-state index in [-0.39, 0.29) is 5.78 Å². The minimum atomic E-state index is 0.180. The highest BCUT2D eigenvalue weighted by Gasteiger charge is 2.02. The summed E-state index contributed by atoms with van der Waals surface area (Å²) in [6.07, 6.45) is 0.547. The van der Waals surface area contributed by atoms with E-state index in [1.165, 1.54) is 5.56 Å². The van der Waals surface area contributed by atoms with Gasteiger partial charge in [-0.15, -0.1) is 0 Å². The summed E-state index contributed by atoms with van der Waals surface area (Å²) in [5, 5.41) is 3.34. The third-order valence-electron chi connectivity index (χ3n) is 2.94. The van der Waals surface area contributed by atoms with Crippen molar-refractivity contribution in [3.63, 3.8) is 0 Å². The second-order valence-corrected chi connectivity index (χ2v) is 5.25. The topological polar surface area (TPSA) is 29.1 Å². The van der Waals surface area contributed by atoms with Crippen LogP contribution >= 0.6 is 15.9 Å². The Labute approximate surface area is 122 Å². The number of carbonyl (C=O) groups excluding carboxylic acids is 1. The van der Waals surface area contributed by atoms with Crippen LogP contribution in [0.4, 0.5) is 5.69 Å². The Bertz CT molecular complexity index is 546. The lowest BCUT2D eigenvalue weighted by Crippen LogP contribution is -2.00. The average Bonchev–Trinajstić information content (AvgIpc) is 2.46. The molecular weight excluding hydrogens is 302 g/mol. The van der Waals surface area contributed by atoms with Crippen LogP contribution in [0.1, 0.15) is 29.3 Å². The van der Waals surface area contributed by atoms with E-state index in [0.29, 0.717) is 6.42 Å². The molecule has 0 saturated carbocycles. The van der Waals surface area contributed by atoms with E-state index in [4.69, 9.17) is 0 Å². The zero-order valence-electron chi connectivity index (χ0n) is 10.8. The highest BCUT2D eigenvalue weighted by Crippen LogP contribution is 2.14. The molecule has 98 valence electrons. The van der Waals surface area contributed by atoms with Crippen LogP contribution < -0.4 is 5.32 Å². The first kappa shape index (κ1) is 13.8. The van der Waals surface area contributed by atoms with E-state index in [1.807, 2.05) is 43.3 Å². The molecule has 0 aliphatic rings. The van der Waals surface area contributed by atoms with E-state index in [1.54, 1.807) is 0 Å². The van der Waals surface area contributed by atoms with Gasteiger partial charge in [0, 0.05) is 28.7 Å². The van der Waals surface area contributed by atoms with Crippen LogP contribution in [0.5, 0.6) is 0 Å². The number of nitrogens with one attached hydrogen (secondary N) is 1. The third-order valence-corrected chi connectivity index (χ3v) is 3.47. The molecule has 2 rings (SSSR count). The summed E-state index contributed by atoms with van der Waals surface area (Å²) in [6.45, 7) is 2.65. The molecule has 2 aromatic rings. The van der Waals surface area contributed by atoms with Crippen molar-refractivity contribution in [1.82, 2.24) is 0 Å². The number of ketones is 1. The molecule has 19 heavy (non-hydrogen) atoms. The van der Waals surface area contributed by atoms with Crippen LogP contribution in [0.25, 0.3) is 0 Å². The summed E-state index contributed by atoms with van der Waals surface area (Å²) in [5.41, 5.74) is 3.02. The molecular formula is C16H16BrNO. The summed E-state index contributed by atoms with van der Waals surface area (Å²) >= 11 is 3.42. The molecule has 0 fully saturated rings. The number of anilines is 1. The van der Waals surface area contributed by atoms with Gasteiger partial charge in [-0.1, -0.05) is 35.0 Å². The summed E-state index contributed by atoms with van der Waals surface area (Å²) in [6, 6.07) is 15.8. The van der Waals surface area contributed by atoms with Gasteiger partial charge in [0.15, 0.2) is 5.78 Å². The number of carbonyl (C=O) groups is 1.